The zero-order chi connectivity index (χ0) is 33.2. The number of likely N-dealkylation sites (tertiary alicyclic amines) is 1. The topological polar surface area (TPSA) is 150 Å². The Balaban J connectivity index is 1.42. The van der Waals surface area contributed by atoms with Crippen molar-refractivity contribution in [2.24, 2.45) is 5.92 Å². The van der Waals surface area contributed by atoms with Gasteiger partial charge in [0.05, 0.1) is 31.1 Å². The minimum absolute atomic E-state index is 0.0614. The van der Waals surface area contributed by atoms with Crippen molar-refractivity contribution < 1.29 is 37.8 Å². The fraction of sp³-hybridized carbons (Fsp3) is 0.375. The normalized spacial score (nSPS) is 19.7. The number of nitrogens with zero attached hydrogens (tertiary/aromatic N) is 4. The Morgan fingerprint density at radius 3 is 2.65 bits per heavy atom. The van der Waals surface area contributed by atoms with Gasteiger partial charge in [-0.05, 0) is 57.6 Å². The first kappa shape index (κ1) is 32.1. The second-order valence-electron chi connectivity index (χ2n) is 11.5. The summed E-state index contributed by atoms with van der Waals surface area (Å²) >= 11 is 0. The summed E-state index contributed by atoms with van der Waals surface area (Å²) in [5, 5.41) is 5.40. The van der Waals surface area contributed by atoms with Crippen LogP contribution in [0, 0.1) is 23.6 Å². The monoisotopic (exact) mass is 632 g/mol. The van der Waals surface area contributed by atoms with E-state index in [9.17, 15) is 24.0 Å². The van der Waals surface area contributed by atoms with Gasteiger partial charge in [0.15, 0.2) is 18.3 Å². The van der Waals surface area contributed by atoms with Crippen molar-refractivity contribution in [1.29, 1.82) is 0 Å². The van der Waals surface area contributed by atoms with Crippen molar-refractivity contribution in [2.45, 2.75) is 31.8 Å². The van der Waals surface area contributed by atoms with E-state index in [1.807, 2.05) is 7.05 Å². The van der Waals surface area contributed by atoms with E-state index in [-0.39, 0.29) is 35.3 Å². The fourth-order valence-corrected chi connectivity index (χ4v) is 5.46. The molecule has 5 amide bonds. The summed E-state index contributed by atoms with van der Waals surface area (Å²) in [4.78, 5) is 73.2. The number of piperidine rings is 1. The first-order chi connectivity index (χ1) is 21.9. The van der Waals surface area contributed by atoms with Crippen molar-refractivity contribution in [1.82, 2.24) is 25.0 Å². The number of halogens is 1. The van der Waals surface area contributed by atoms with Gasteiger partial charge in [-0.15, -0.1) is 0 Å². The van der Waals surface area contributed by atoms with Gasteiger partial charge in [0.2, 0.25) is 11.4 Å². The van der Waals surface area contributed by atoms with Crippen LogP contribution in [0.5, 0.6) is 5.75 Å². The van der Waals surface area contributed by atoms with Crippen molar-refractivity contribution in [2.75, 3.05) is 45.8 Å². The number of methoxy groups -OCH3 is 1. The van der Waals surface area contributed by atoms with E-state index in [1.165, 1.54) is 37.4 Å². The van der Waals surface area contributed by atoms with Gasteiger partial charge >= 0.3 is 12.0 Å². The van der Waals surface area contributed by atoms with E-state index in [1.54, 1.807) is 12.1 Å². The highest BCUT2D eigenvalue weighted by molar-refractivity contribution is 6.10. The number of carbonyl (C=O) groups excluding carboxylic acids is 5. The van der Waals surface area contributed by atoms with Gasteiger partial charge < -0.3 is 29.9 Å². The van der Waals surface area contributed by atoms with Gasteiger partial charge in [-0.25, -0.2) is 18.9 Å². The Morgan fingerprint density at radius 1 is 1.22 bits per heavy atom. The molecular weight excluding hydrogens is 599 g/mol. The molecule has 0 bridgehead atoms. The highest BCUT2D eigenvalue weighted by atomic mass is 19.1. The molecule has 1 atom stereocenters. The number of fused-ring (bicyclic) bond motifs is 1. The number of esters is 1. The second-order valence-corrected chi connectivity index (χ2v) is 11.5. The lowest BCUT2D eigenvalue weighted by Gasteiger charge is -2.28. The number of aromatic nitrogens is 1. The third-order valence-corrected chi connectivity index (χ3v) is 8.07. The zero-order valence-corrected chi connectivity index (χ0v) is 25.6. The molecule has 3 aliphatic heterocycles. The summed E-state index contributed by atoms with van der Waals surface area (Å²) in [5.41, 5.74) is -1.07. The molecule has 4 heterocycles. The molecule has 1 aromatic carbocycles. The lowest BCUT2D eigenvalue weighted by atomic mass is 9.96. The van der Waals surface area contributed by atoms with Crippen LogP contribution >= 0.6 is 0 Å². The Morgan fingerprint density at radius 2 is 1.96 bits per heavy atom. The van der Waals surface area contributed by atoms with E-state index < -0.39 is 48.4 Å². The minimum atomic E-state index is -2.00. The number of hydrogen-bond acceptors (Lipinski definition) is 9. The molecule has 2 aromatic rings. The first-order valence-corrected chi connectivity index (χ1v) is 14.5. The van der Waals surface area contributed by atoms with Crippen molar-refractivity contribution in [3.63, 3.8) is 0 Å². The summed E-state index contributed by atoms with van der Waals surface area (Å²) < 4.78 is 25.1. The number of ether oxygens (including phenoxy) is 2. The zero-order valence-electron chi connectivity index (χ0n) is 25.6. The third-order valence-electron chi connectivity index (χ3n) is 8.07. The predicted molar refractivity (Wildman–Crippen MR) is 162 cm³/mol. The number of anilines is 1. The quantitative estimate of drug-likeness (QED) is 0.193. The van der Waals surface area contributed by atoms with Gasteiger partial charge in [-0.3, -0.25) is 19.4 Å². The van der Waals surface area contributed by atoms with Crippen LogP contribution < -0.4 is 15.4 Å². The van der Waals surface area contributed by atoms with Crippen molar-refractivity contribution in [3.05, 3.63) is 65.3 Å². The molecule has 0 spiro atoms. The summed E-state index contributed by atoms with van der Waals surface area (Å²) in [7, 11) is 3.28. The van der Waals surface area contributed by atoms with Crippen molar-refractivity contribution in [3.8, 4) is 17.6 Å². The largest absolute Gasteiger partial charge is 0.494 e. The van der Waals surface area contributed by atoms with Crippen LogP contribution in [-0.4, -0.2) is 95.5 Å². The molecule has 3 aliphatic rings. The minimum Gasteiger partial charge on any atom is -0.494 e. The van der Waals surface area contributed by atoms with Crippen LogP contribution in [-0.2, 0) is 25.7 Å². The molecule has 13 nitrogen and oxygen atoms in total. The molecule has 0 radical (unpaired) electrons. The molecule has 5 rings (SSSR count). The molecule has 0 saturated carbocycles. The van der Waals surface area contributed by atoms with Gasteiger partial charge in [-0.2, -0.15) is 0 Å². The summed E-state index contributed by atoms with van der Waals surface area (Å²) in [6.07, 6.45) is 4.34. The maximum atomic E-state index is 15.0. The van der Waals surface area contributed by atoms with E-state index in [2.05, 4.69) is 38.9 Å². The summed E-state index contributed by atoms with van der Waals surface area (Å²) in [6, 6.07) is 3.60. The molecule has 0 aliphatic carbocycles. The van der Waals surface area contributed by atoms with Gasteiger partial charge in [0, 0.05) is 29.8 Å². The lowest BCUT2D eigenvalue weighted by molar-refractivity contribution is -0.146. The molecule has 2 fully saturated rings. The van der Waals surface area contributed by atoms with Crippen LogP contribution in [0.15, 0.2) is 42.7 Å². The van der Waals surface area contributed by atoms with E-state index in [0.29, 0.717) is 21.7 Å². The number of hydrogen-bond donors (Lipinski definition) is 2. The number of urea groups is 1. The standard InChI is InChI=1S/C32H33FN6O7/c1-19(2)29(42)46-18-39-30(43)32(36-31(39)44,17-38-16-22-5-6-24(45-4)26(33)25(22)28(38)41)10-7-20-13-23(15-34-14-20)35-27(40)21-8-11-37(3)12-9-21/h5-6,13-15,21H,1,8-9,11-12,16-18H2,2-4H3,(H,35,40)(H,36,44)/t32-/m1/s1. The van der Waals surface area contributed by atoms with Crippen molar-refractivity contribution >= 4 is 35.4 Å². The maximum Gasteiger partial charge on any atom is 0.334 e. The van der Waals surface area contributed by atoms with Gasteiger partial charge in [0.25, 0.3) is 11.8 Å². The summed E-state index contributed by atoms with van der Waals surface area (Å²) in [5.74, 6) is 1.97. The number of carbonyl (C=O) groups is 5. The second kappa shape index (κ2) is 13.0. The average Bonchev–Trinajstić information content (AvgIpc) is 3.47. The molecular formula is C32H33FN6O7. The van der Waals surface area contributed by atoms with Crippen LogP contribution in [0.2, 0.25) is 0 Å². The van der Waals surface area contributed by atoms with E-state index >= 15 is 4.39 Å². The molecule has 2 N–H and O–H groups in total. The van der Waals surface area contributed by atoms with Crippen LogP contribution in [0.4, 0.5) is 14.9 Å². The summed E-state index contributed by atoms with van der Waals surface area (Å²) in [6.45, 7) is 5.29. The number of pyridine rings is 1. The molecule has 2 saturated heterocycles. The lowest BCUT2D eigenvalue weighted by Crippen LogP contribution is -2.54. The predicted octanol–water partition coefficient (Wildman–Crippen LogP) is 1.88. The molecule has 14 heteroatoms. The number of benzene rings is 1. The first-order valence-electron chi connectivity index (χ1n) is 14.5. The molecule has 46 heavy (non-hydrogen) atoms. The third kappa shape index (κ3) is 6.40. The molecule has 1 aromatic heterocycles. The highest BCUT2D eigenvalue weighted by Gasteiger charge is 2.53. The van der Waals surface area contributed by atoms with Crippen LogP contribution in [0.25, 0.3) is 0 Å². The number of amides is 5. The Kier molecular flexibility index (Phi) is 9.06. The maximum absolute atomic E-state index is 15.0. The average molecular weight is 633 g/mol. The fourth-order valence-electron chi connectivity index (χ4n) is 5.46. The molecule has 0 unspecified atom stereocenters. The number of imide groups is 1. The highest BCUT2D eigenvalue weighted by Crippen LogP contribution is 2.32. The Hall–Kier alpha value is -5.29. The van der Waals surface area contributed by atoms with E-state index in [0.717, 1.165) is 25.9 Å². The SMILES string of the molecule is C=C(C)C(=O)OCN1C(=O)N[C@](C#Cc2cncc(NC(=O)C3CCN(C)CC3)c2)(CN2Cc3ccc(OC)c(F)c3C2=O)C1=O. The molecule has 240 valence electrons. The Labute approximate surface area is 264 Å². The van der Waals surface area contributed by atoms with Gasteiger partial charge in [0.1, 0.15) is 0 Å². The number of nitrogens with one attached hydrogen (secondary N) is 2. The van der Waals surface area contributed by atoms with Gasteiger partial charge in [-0.1, -0.05) is 24.5 Å². The smallest absolute Gasteiger partial charge is 0.334 e. The van der Waals surface area contributed by atoms with Crippen LogP contribution in [0.3, 0.4) is 0 Å². The number of rotatable bonds is 8. The van der Waals surface area contributed by atoms with Crippen LogP contribution in [0.1, 0.15) is 41.3 Å². The Bertz CT molecular complexity index is 1690. The van der Waals surface area contributed by atoms with E-state index in [4.69, 9.17) is 9.47 Å².